The monoisotopic (exact) mass is 406 g/mol. The Kier molecular flexibility index (Phi) is 5.23. The topological polar surface area (TPSA) is 66.5 Å². The van der Waals surface area contributed by atoms with E-state index in [-0.39, 0.29) is 16.3 Å². The highest BCUT2D eigenvalue weighted by Gasteiger charge is 2.29. The van der Waals surface area contributed by atoms with Crippen molar-refractivity contribution >= 4 is 33.2 Å². The van der Waals surface area contributed by atoms with E-state index in [1.165, 1.54) is 16.4 Å². The lowest BCUT2D eigenvalue weighted by molar-refractivity contribution is 0.0919. The van der Waals surface area contributed by atoms with E-state index in [9.17, 15) is 13.2 Å². The molecule has 7 heteroatoms. The molecule has 144 valence electrons. The molecule has 5 nitrogen and oxygen atoms in total. The molecule has 1 amide bonds. The van der Waals surface area contributed by atoms with Crippen LogP contribution in [-0.4, -0.2) is 26.4 Å². The third-order valence-corrected chi connectivity index (χ3v) is 6.39. The molecule has 1 aliphatic heterocycles. The fourth-order valence-electron chi connectivity index (χ4n) is 3.10. The molecular formula is C20H23ClN2O3S. The maximum atomic E-state index is 13.1. The Morgan fingerprint density at radius 2 is 1.78 bits per heavy atom. The molecule has 0 saturated heterocycles. The number of benzene rings is 2. The van der Waals surface area contributed by atoms with Crippen LogP contribution in [0.15, 0.2) is 47.4 Å². The molecule has 0 fully saturated rings. The van der Waals surface area contributed by atoms with Crippen LogP contribution in [0, 0.1) is 0 Å². The Morgan fingerprint density at radius 1 is 1.11 bits per heavy atom. The van der Waals surface area contributed by atoms with E-state index in [0.717, 1.165) is 12.0 Å². The maximum Gasteiger partial charge on any atom is 0.264 e. The van der Waals surface area contributed by atoms with Crippen molar-refractivity contribution in [1.29, 1.82) is 0 Å². The molecule has 0 radical (unpaired) electrons. The minimum Gasteiger partial charge on any atom is -0.347 e. The third kappa shape index (κ3) is 4.28. The number of carbonyl (C=O) groups excluding carboxylic acids is 1. The van der Waals surface area contributed by atoms with E-state index in [0.29, 0.717) is 29.2 Å². The van der Waals surface area contributed by atoms with Gasteiger partial charge in [-0.1, -0.05) is 11.6 Å². The van der Waals surface area contributed by atoms with Crippen LogP contribution in [0.4, 0.5) is 5.69 Å². The van der Waals surface area contributed by atoms with Crippen molar-refractivity contribution in [3.63, 3.8) is 0 Å². The highest BCUT2D eigenvalue weighted by molar-refractivity contribution is 7.92. The number of hydrogen-bond acceptors (Lipinski definition) is 3. The quantitative estimate of drug-likeness (QED) is 0.837. The summed E-state index contributed by atoms with van der Waals surface area (Å²) in [7, 11) is -3.68. The second-order valence-corrected chi connectivity index (χ2v) is 9.98. The number of rotatable bonds is 3. The second-order valence-electron chi connectivity index (χ2n) is 7.68. The van der Waals surface area contributed by atoms with Crippen molar-refractivity contribution in [2.45, 2.75) is 44.0 Å². The van der Waals surface area contributed by atoms with Crippen molar-refractivity contribution in [2.75, 3.05) is 10.8 Å². The molecule has 27 heavy (non-hydrogen) atoms. The van der Waals surface area contributed by atoms with Crippen molar-refractivity contribution in [3.05, 3.63) is 58.6 Å². The number of fused-ring (bicyclic) bond motifs is 1. The fraction of sp³-hybridized carbons (Fsp3) is 0.350. The normalized spacial score (nSPS) is 14.6. The largest absolute Gasteiger partial charge is 0.347 e. The van der Waals surface area contributed by atoms with Gasteiger partial charge < -0.3 is 5.32 Å². The Hall–Kier alpha value is -2.05. The average molecular weight is 407 g/mol. The molecule has 0 aromatic heterocycles. The first-order valence-electron chi connectivity index (χ1n) is 8.82. The maximum absolute atomic E-state index is 13.1. The molecular weight excluding hydrogens is 384 g/mol. The molecule has 2 aromatic carbocycles. The predicted octanol–water partition coefficient (Wildman–Crippen LogP) is 4.01. The molecule has 1 aliphatic rings. The third-order valence-electron chi connectivity index (χ3n) is 4.31. The van der Waals surface area contributed by atoms with E-state index in [4.69, 9.17) is 11.6 Å². The lowest BCUT2D eigenvalue weighted by atomic mass is 10.00. The highest BCUT2D eigenvalue weighted by Crippen LogP contribution is 2.33. The summed E-state index contributed by atoms with van der Waals surface area (Å²) in [5.41, 5.74) is 1.69. The van der Waals surface area contributed by atoms with Crippen molar-refractivity contribution in [3.8, 4) is 0 Å². The minimum atomic E-state index is -3.68. The van der Waals surface area contributed by atoms with Crippen LogP contribution >= 0.6 is 11.6 Å². The number of amides is 1. The van der Waals surface area contributed by atoms with Gasteiger partial charge in [-0.05, 0) is 81.6 Å². The molecule has 0 aliphatic carbocycles. The number of aryl methyl sites for hydroxylation is 1. The van der Waals surface area contributed by atoms with Gasteiger partial charge in [0.15, 0.2) is 0 Å². The summed E-state index contributed by atoms with van der Waals surface area (Å²) in [5.74, 6) is -0.164. The fourth-order valence-corrected chi connectivity index (χ4v) is 4.77. The van der Waals surface area contributed by atoms with Crippen molar-refractivity contribution < 1.29 is 13.2 Å². The number of hydrogen-bond donors (Lipinski definition) is 1. The standard InChI is InChI=1S/C20H23ClN2O3S/c1-20(2,3)22-19(24)15-6-11-18-14(13-15)5-4-12-23(18)27(25,26)17-9-7-16(21)8-10-17/h6-11,13H,4-5,12H2,1-3H3,(H,22,24). The summed E-state index contributed by atoms with van der Waals surface area (Å²) in [4.78, 5) is 12.6. The van der Waals surface area contributed by atoms with Crippen LogP contribution in [0.25, 0.3) is 0 Å². The zero-order valence-electron chi connectivity index (χ0n) is 15.6. The number of carbonyl (C=O) groups is 1. The lowest BCUT2D eigenvalue weighted by Crippen LogP contribution is -2.40. The Bertz CT molecular complexity index is 964. The molecule has 0 atom stereocenters. The Balaban J connectivity index is 1.95. The van der Waals surface area contributed by atoms with Gasteiger partial charge in [0.05, 0.1) is 10.6 Å². The van der Waals surface area contributed by atoms with Crippen molar-refractivity contribution in [2.24, 2.45) is 0 Å². The SMILES string of the molecule is CC(C)(C)NC(=O)c1ccc2c(c1)CCCN2S(=O)(=O)c1ccc(Cl)cc1. The highest BCUT2D eigenvalue weighted by atomic mass is 35.5. The average Bonchev–Trinajstić information content (AvgIpc) is 2.59. The summed E-state index contributed by atoms with van der Waals surface area (Å²) in [6.45, 7) is 6.17. The number of halogens is 1. The molecule has 0 spiro atoms. The molecule has 1 N–H and O–H groups in total. The predicted molar refractivity (Wildman–Crippen MR) is 108 cm³/mol. The van der Waals surface area contributed by atoms with Gasteiger partial charge in [0.25, 0.3) is 15.9 Å². The van der Waals surface area contributed by atoms with Gasteiger partial charge in [-0.25, -0.2) is 8.42 Å². The lowest BCUT2D eigenvalue weighted by Gasteiger charge is -2.31. The summed E-state index contributed by atoms with van der Waals surface area (Å²) in [5, 5.41) is 3.42. The van der Waals surface area contributed by atoms with Crippen LogP contribution < -0.4 is 9.62 Å². The van der Waals surface area contributed by atoms with Gasteiger partial charge in [0.2, 0.25) is 0 Å². The van der Waals surface area contributed by atoms with Crippen molar-refractivity contribution in [1.82, 2.24) is 5.32 Å². The van der Waals surface area contributed by atoms with Gasteiger partial charge in [-0.15, -0.1) is 0 Å². The molecule has 0 saturated carbocycles. The number of anilines is 1. The smallest absolute Gasteiger partial charge is 0.264 e. The zero-order chi connectivity index (χ0) is 19.8. The van der Waals surface area contributed by atoms with Crippen LogP contribution in [0.2, 0.25) is 5.02 Å². The second kappa shape index (κ2) is 7.17. The van der Waals surface area contributed by atoms with Crippen LogP contribution in [0.3, 0.4) is 0 Å². The minimum absolute atomic E-state index is 0.164. The van der Waals surface area contributed by atoms with E-state index in [2.05, 4.69) is 5.32 Å². The van der Waals surface area contributed by atoms with Gasteiger partial charge in [0.1, 0.15) is 0 Å². The Labute approximate surface area is 165 Å². The van der Waals surface area contributed by atoms with Crippen LogP contribution in [0.1, 0.15) is 43.1 Å². The van der Waals surface area contributed by atoms with E-state index >= 15 is 0 Å². The molecule has 1 heterocycles. The molecule has 3 rings (SSSR count). The number of sulfonamides is 1. The molecule has 0 unspecified atom stereocenters. The van der Waals surface area contributed by atoms with Crippen LogP contribution in [-0.2, 0) is 16.4 Å². The van der Waals surface area contributed by atoms with E-state index in [1.807, 2.05) is 20.8 Å². The zero-order valence-corrected chi connectivity index (χ0v) is 17.2. The number of nitrogens with zero attached hydrogens (tertiary/aromatic N) is 1. The molecule has 0 bridgehead atoms. The summed E-state index contributed by atoms with van der Waals surface area (Å²) in [6.07, 6.45) is 1.43. The summed E-state index contributed by atoms with van der Waals surface area (Å²) >= 11 is 5.88. The van der Waals surface area contributed by atoms with Gasteiger partial charge in [-0.2, -0.15) is 0 Å². The summed E-state index contributed by atoms with van der Waals surface area (Å²) < 4.78 is 27.6. The first kappa shape index (κ1) is 19.7. The molecule has 2 aromatic rings. The van der Waals surface area contributed by atoms with E-state index in [1.54, 1.807) is 30.3 Å². The first-order valence-corrected chi connectivity index (χ1v) is 10.6. The van der Waals surface area contributed by atoms with Gasteiger partial charge in [0, 0.05) is 22.7 Å². The first-order chi connectivity index (χ1) is 12.6. The summed E-state index contributed by atoms with van der Waals surface area (Å²) in [6, 6.07) is 11.3. The van der Waals surface area contributed by atoms with Crippen LogP contribution in [0.5, 0.6) is 0 Å². The Morgan fingerprint density at radius 3 is 2.41 bits per heavy atom. The number of nitrogens with one attached hydrogen (secondary N) is 1. The van der Waals surface area contributed by atoms with Gasteiger partial charge >= 0.3 is 0 Å². The van der Waals surface area contributed by atoms with E-state index < -0.39 is 10.0 Å². The van der Waals surface area contributed by atoms with Gasteiger partial charge in [-0.3, -0.25) is 9.10 Å².